The van der Waals surface area contributed by atoms with Gasteiger partial charge in [-0.05, 0) is 19.1 Å². The highest BCUT2D eigenvalue weighted by Crippen LogP contribution is 2.29. The Hall–Kier alpha value is -1.49. The molecule has 0 aliphatic rings. The van der Waals surface area contributed by atoms with Crippen LogP contribution in [-0.4, -0.2) is 4.98 Å². The minimum atomic E-state index is -1.54. The maximum absolute atomic E-state index is 13.4. The van der Waals surface area contributed by atoms with Gasteiger partial charge in [-0.25, -0.2) is 18.2 Å². The number of rotatable bonds is 2. The summed E-state index contributed by atoms with van der Waals surface area (Å²) in [5.41, 5.74) is -0.194. The van der Waals surface area contributed by atoms with E-state index in [2.05, 4.69) is 4.98 Å². The molecule has 6 heteroatoms. The van der Waals surface area contributed by atoms with Gasteiger partial charge < -0.3 is 4.42 Å². The summed E-state index contributed by atoms with van der Waals surface area (Å²) in [6.07, 6.45) is 1.21. The summed E-state index contributed by atoms with van der Waals surface area (Å²) in [6.45, 7) is 1.62. The maximum Gasteiger partial charge on any atom is 0.212 e. The van der Waals surface area contributed by atoms with Crippen molar-refractivity contribution < 1.29 is 17.6 Å². The lowest BCUT2D eigenvalue weighted by molar-refractivity contribution is 0.444. The fourth-order valence-electron chi connectivity index (χ4n) is 1.31. The quantitative estimate of drug-likeness (QED) is 0.602. The molecule has 1 aromatic heterocycles. The van der Waals surface area contributed by atoms with E-state index in [1.165, 1.54) is 6.20 Å². The minimum Gasteiger partial charge on any atom is -0.439 e. The largest absolute Gasteiger partial charge is 0.439 e. The van der Waals surface area contributed by atoms with E-state index in [9.17, 15) is 13.2 Å². The molecule has 0 radical (unpaired) electrons. The molecule has 0 saturated carbocycles. The summed E-state index contributed by atoms with van der Waals surface area (Å²) < 4.78 is 44.3. The Bertz CT molecular complexity index is 554. The van der Waals surface area contributed by atoms with Crippen molar-refractivity contribution in [1.82, 2.24) is 4.98 Å². The van der Waals surface area contributed by atoms with Crippen LogP contribution in [0, 0.1) is 17.5 Å². The van der Waals surface area contributed by atoms with Crippen LogP contribution in [0.15, 0.2) is 22.7 Å². The van der Waals surface area contributed by atoms with Gasteiger partial charge in [0.15, 0.2) is 23.2 Å². The van der Waals surface area contributed by atoms with E-state index < -0.39 is 22.8 Å². The van der Waals surface area contributed by atoms with Gasteiger partial charge in [-0.3, -0.25) is 0 Å². The van der Waals surface area contributed by atoms with Crippen LogP contribution in [0.1, 0.15) is 18.2 Å². The van der Waals surface area contributed by atoms with Crippen LogP contribution in [0.5, 0.6) is 0 Å². The Morgan fingerprint density at radius 1 is 1.24 bits per heavy atom. The minimum absolute atomic E-state index is 0.00361. The SMILES string of the molecule is CC(Cl)c1ncc(-c2ccc(F)c(F)c2F)o1. The van der Waals surface area contributed by atoms with Crippen LogP contribution in [0.2, 0.25) is 0 Å². The molecule has 2 nitrogen and oxygen atoms in total. The summed E-state index contributed by atoms with van der Waals surface area (Å²) in [5, 5.41) is -0.489. The van der Waals surface area contributed by atoms with Crippen molar-refractivity contribution in [3.05, 3.63) is 41.7 Å². The van der Waals surface area contributed by atoms with Gasteiger partial charge in [0, 0.05) is 0 Å². The third-order valence-electron chi connectivity index (χ3n) is 2.16. The van der Waals surface area contributed by atoms with Crippen LogP contribution < -0.4 is 0 Å². The summed E-state index contributed by atoms with van der Waals surface area (Å²) >= 11 is 5.72. The van der Waals surface area contributed by atoms with Crippen LogP contribution >= 0.6 is 11.6 Å². The molecule has 0 spiro atoms. The molecule has 17 heavy (non-hydrogen) atoms. The van der Waals surface area contributed by atoms with Gasteiger partial charge in [0.05, 0.1) is 11.8 Å². The monoisotopic (exact) mass is 261 g/mol. The average molecular weight is 262 g/mol. The molecule has 1 unspecified atom stereocenters. The molecule has 0 saturated heterocycles. The molecule has 0 fully saturated rings. The molecule has 1 aromatic carbocycles. The number of aromatic nitrogens is 1. The second kappa shape index (κ2) is 4.41. The third kappa shape index (κ3) is 2.15. The van der Waals surface area contributed by atoms with E-state index in [1.807, 2.05) is 0 Å². The maximum atomic E-state index is 13.4. The van der Waals surface area contributed by atoms with Crippen LogP contribution in [0.25, 0.3) is 11.3 Å². The van der Waals surface area contributed by atoms with Crippen molar-refractivity contribution in [1.29, 1.82) is 0 Å². The van der Waals surface area contributed by atoms with Crippen molar-refractivity contribution in [2.45, 2.75) is 12.3 Å². The highest BCUT2D eigenvalue weighted by molar-refractivity contribution is 6.20. The number of alkyl halides is 1. The first-order valence-corrected chi connectivity index (χ1v) is 5.18. The Labute approximate surface area is 100 Å². The van der Waals surface area contributed by atoms with E-state index in [0.29, 0.717) is 0 Å². The van der Waals surface area contributed by atoms with E-state index in [-0.39, 0.29) is 17.2 Å². The second-order valence-corrected chi connectivity index (χ2v) is 4.06. The lowest BCUT2D eigenvalue weighted by Crippen LogP contribution is -1.92. The lowest BCUT2D eigenvalue weighted by Gasteiger charge is -2.01. The fraction of sp³-hybridized carbons (Fsp3) is 0.182. The summed E-state index contributed by atoms with van der Waals surface area (Å²) in [6, 6.07) is 1.90. The summed E-state index contributed by atoms with van der Waals surface area (Å²) in [7, 11) is 0. The fourth-order valence-corrected chi connectivity index (χ4v) is 1.41. The number of hydrogen-bond donors (Lipinski definition) is 0. The number of hydrogen-bond acceptors (Lipinski definition) is 2. The predicted octanol–water partition coefficient (Wildman–Crippen LogP) is 4.06. The molecule has 0 amide bonds. The standard InChI is InChI=1S/C11H7ClF3NO/c1-5(12)11-16-4-8(17-11)6-2-3-7(13)10(15)9(6)14/h2-5H,1H3. The van der Waals surface area contributed by atoms with Gasteiger partial charge in [0.25, 0.3) is 0 Å². The van der Waals surface area contributed by atoms with Gasteiger partial charge in [0.1, 0.15) is 5.38 Å². The van der Waals surface area contributed by atoms with E-state index in [4.69, 9.17) is 16.0 Å². The molecule has 2 aromatic rings. The zero-order valence-corrected chi connectivity index (χ0v) is 9.43. The van der Waals surface area contributed by atoms with Crippen molar-refractivity contribution in [2.75, 3.05) is 0 Å². The van der Waals surface area contributed by atoms with Crippen molar-refractivity contribution in [3.63, 3.8) is 0 Å². The summed E-state index contributed by atoms with van der Waals surface area (Å²) in [4.78, 5) is 3.80. The number of halogens is 4. The molecule has 1 heterocycles. The molecular weight excluding hydrogens is 255 g/mol. The topological polar surface area (TPSA) is 26.0 Å². The molecule has 1 atom stereocenters. The number of nitrogens with zero attached hydrogens (tertiary/aromatic N) is 1. The first-order valence-electron chi connectivity index (χ1n) is 4.74. The lowest BCUT2D eigenvalue weighted by atomic mass is 10.1. The Morgan fingerprint density at radius 2 is 1.94 bits per heavy atom. The first kappa shape index (κ1) is 12.0. The highest BCUT2D eigenvalue weighted by atomic mass is 35.5. The number of benzene rings is 1. The highest BCUT2D eigenvalue weighted by Gasteiger charge is 2.18. The zero-order valence-electron chi connectivity index (χ0n) is 8.68. The predicted molar refractivity (Wildman–Crippen MR) is 56.1 cm³/mol. The molecular formula is C11H7ClF3NO. The molecule has 0 N–H and O–H groups in total. The van der Waals surface area contributed by atoms with Crippen LogP contribution in [0.3, 0.4) is 0 Å². The zero-order chi connectivity index (χ0) is 12.6. The molecule has 0 aliphatic carbocycles. The van der Waals surface area contributed by atoms with Gasteiger partial charge in [-0.15, -0.1) is 11.6 Å². The summed E-state index contributed by atoms with van der Waals surface area (Å²) in [5.74, 6) is -3.92. The Kier molecular flexibility index (Phi) is 3.11. The van der Waals surface area contributed by atoms with Crippen molar-refractivity contribution in [2.24, 2.45) is 0 Å². The Balaban J connectivity index is 2.49. The third-order valence-corrected chi connectivity index (χ3v) is 2.35. The van der Waals surface area contributed by atoms with E-state index in [1.54, 1.807) is 6.92 Å². The number of oxazole rings is 1. The smallest absolute Gasteiger partial charge is 0.212 e. The molecule has 90 valence electrons. The van der Waals surface area contributed by atoms with E-state index >= 15 is 0 Å². The van der Waals surface area contributed by atoms with Crippen LogP contribution in [0.4, 0.5) is 13.2 Å². The van der Waals surface area contributed by atoms with Gasteiger partial charge >= 0.3 is 0 Å². The average Bonchev–Trinajstić information content (AvgIpc) is 2.75. The van der Waals surface area contributed by atoms with Crippen LogP contribution in [-0.2, 0) is 0 Å². The van der Waals surface area contributed by atoms with E-state index in [0.717, 1.165) is 12.1 Å². The second-order valence-electron chi connectivity index (χ2n) is 3.40. The van der Waals surface area contributed by atoms with Gasteiger partial charge in [-0.2, -0.15) is 0 Å². The first-order chi connectivity index (χ1) is 8.00. The van der Waals surface area contributed by atoms with Crippen molar-refractivity contribution >= 4 is 11.6 Å². The van der Waals surface area contributed by atoms with Crippen molar-refractivity contribution in [3.8, 4) is 11.3 Å². The van der Waals surface area contributed by atoms with Gasteiger partial charge in [-0.1, -0.05) is 0 Å². The molecule has 2 rings (SSSR count). The van der Waals surface area contributed by atoms with Gasteiger partial charge in [0.2, 0.25) is 5.89 Å². The normalized spacial score (nSPS) is 12.8. The molecule has 0 bridgehead atoms. The Morgan fingerprint density at radius 3 is 2.53 bits per heavy atom. The molecule has 0 aliphatic heterocycles.